The van der Waals surface area contributed by atoms with Gasteiger partial charge < -0.3 is 10.1 Å². The molecule has 2 heterocycles. The second-order valence-corrected chi connectivity index (χ2v) is 8.20. The summed E-state index contributed by atoms with van der Waals surface area (Å²) in [4.78, 5) is 0. The lowest BCUT2D eigenvalue weighted by Crippen LogP contribution is -2.51. The van der Waals surface area contributed by atoms with Crippen LogP contribution in [0, 0.1) is 0 Å². The van der Waals surface area contributed by atoms with Crippen LogP contribution in [-0.4, -0.2) is 56.4 Å². The lowest BCUT2D eigenvalue weighted by Gasteiger charge is -2.35. The summed E-state index contributed by atoms with van der Waals surface area (Å²) in [6, 6.07) is 0.497. The van der Waals surface area contributed by atoms with Gasteiger partial charge in [0.2, 0.25) is 10.0 Å². The maximum atomic E-state index is 12.6. The second-order valence-electron chi connectivity index (χ2n) is 6.24. The number of piperidine rings is 1. The summed E-state index contributed by atoms with van der Waals surface area (Å²) < 4.78 is 32.5. The van der Waals surface area contributed by atoms with Gasteiger partial charge in [0.25, 0.3) is 0 Å². The first kappa shape index (κ1) is 16.2. The van der Waals surface area contributed by atoms with E-state index < -0.39 is 10.0 Å². The van der Waals surface area contributed by atoms with Crippen LogP contribution >= 0.6 is 0 Å². The standard InChI is InChI=1S/C14H28N2O3S/c1-12(2)15-10-13-6-3-4-8-16(13)20(17,18)11-14-7-5-9-19-14/h12-15H,3-11H2,1-2H3. The fraction of sp³-hybridized carbons (Fsp3) is 1.00. The number of hydrogen-bond donors (Lipinski definition) is 1. The van der Waals surface area contributed by atoms with Gasteiger partial charge in [-0.15, -0.1) is 0 Å². The van der Waals surface area contributed by atoms with Crippen LogP contribution in [0.25, 0.3) is 0 Å². The Labute approximate surface area is 123 Å². The molecule has 5 nitrogen and oxygen atoms in total. The molecule has 0 saturated carbocycles. The summed E-state index contributed by atoms with van der Waals surface area (Å²) >= 11 is 0. The molecule has 0 aromatic rings. The van der Waals surface area contributed by atoms with E-state index in [-0.39, 0.29) is 17.9 Å². The third-order valence-electron chi connectivity index (χ3n) is 4.11. The van der Waals surface area contributed by atoms with Crippen molar-refractivity contribution in [2.24, 2.45) is 0 Å². The molecule has 0 spiro atoms. The van der Waals surface area contributed by atoms with E-state index in [4.69, 9.17) is 4.74 Å². The summed E-state index contributed by atoms with van der Waals surface area (Å²) in [7, 11) is -3.20. The number of hydrogen-bond acceptors (Lipinski definition) is 4. The molecular formula is C14H28N2O3S. The average molecular weight is 304 g/mol. The second kappa shape index (κ2) is 7.20. The van der Waals surface area contributed by atoms with Crippen LogP contribution in [0.2, 0.25) is 0 Å². The van der Waals surface area contributed by atoms with Crippen LogP contribution in [-0.2, 0) is 14.8 Å². The van der Waals surface area contributed by atoms with Crippen LogP contribution in [0.3, 0.4) is 0 Å². The number of ether oxygens (including phenoxy) is 1. The Hall–Kier alpha value is -0.170. The summed E-state index contributed by atoms with van der Waals surface area (Å²) in [5.74, 6) is 0.158. The van der Waals surface area contributed by atoms with E-state index in [1.807, 2.05) is 0 Å². The molecule has 0 aromatic carbocycles. The van der Waals surface area contributed by atoms with Gasteiger partial charge in [-0.05, 0) is 25.7 Å². The highest BCUT2D eigenvalue weighted by atomic mass is 32.2. The monoisotopic (exact) mass is 304 g/mol. The Bertz CT molecular complexity index is 391. The van der Waals surface area contributed by atoms with Crippen molar-refractivity contribution in [2.45, 2.75) is 64.1 Å². The molecular weight excluding hydrogens is 276 g/mol. The number of nitrogens with zero attached hydrogens (tertiary/aromatic N) is 1. The Morgan fingerprint density at radius 3 is 2.70 bits per heavy atom. The van der Waals surface area contributed by atoms with Gasteiger partial charge in [-0.2, -0.15) is 4.31 Å². The molecule has 6 heteroatoms. The maximum Gasteiger partial charge on any atom is 0.216 e. The van der Waals surface area contributed by atoms with Crippen molar-refractivity contribution >= 4 is 10.0 Å². The van der Waals surface area contributed by atoms with Crippen molar-refractivity contribution in [3.05, 3.63) is 0 Å². The molecule has 0 radical (unpaired) electrons. The van der Waals surface area contributed by atoms with Crippen molar-refractivity contribution in [3.63, 3.8) is 0 Å². The number of rotatable bonds is 6. The van der Waals surface area contributed by atoms with Gasteiger partial charge in [-0.1, -0.05) is 20.3 Å². The first-order chi connectivity index (χ1) is 9.49. The van der Waals surface area contributed by atoms with Crippen molar-refractivity contribution < 1.29 is 13.2 Å². The summed E-state index contributed by atoms with van der Waals surface area (Å²) in [5, 5.41) is 3.37. The smallest absolute Gasteiger partial charge is 0.216 e. The van der Waals surface area contributed by atoms with E-state index in [1.165, 1.54) is 0 Å². The van der Waals surface area contributed by atoms with Gasteiger partial charge >= 0.3 is 0 Å². The predicted molar refractivity (Wildman–Crippen MR) is 80.2 cm³/mol. The fourth-order valence-corrected chi connectivity index (χ4v) is 4.99. The molecule has 2 saturated heterocycles. The number of nitrogens with one attached hydrogen (secondary N) is 1. The molecule has 0 amide bonds. The first-order valence-electron chi connectivity index (χ1n) is 7.83. The molecule has 1 N–H and O–H groups in total. The molecule has 20 heavy (non-hydrogen) atoms. The van der Waals surface area contributed by atoms with Crippen molar-refractivity contribution in [1.29, 1.82) is 0 Å². The fourth-order valence-electron chi connectivity index (χ4n) is 3.02. The molecule has 2 atom stereocenters. The molecule has 0 aromatic heterocycles. The Balaban J connectivity index is 1.97. The highest BCUT2D eigenvalue weighted by Crippen LogP contribution is 2.23. The maximum absolute atomic E-state index is 12.6. The van der Waals surface area contributed by atoms with Crippen LogP contribution in [0.1, 0.15) is 46.0 Å². The summed E-state index contributed by atoms with van der Waals surface area (Å²) in [5.41, 5.74) is 0. The van der Waals surface area contributed by atoms with Gasteiger partial charge in [0.15, 0.2) is 0 Å². The van der Waals surface area contributed by atoms with Crippen molar-refractivity contribution in [3.8, 4) is 0 Å². The molecule has 2 unspecified atom stereocenters. The van der Waals surface area contributed by atoms with E-state index in [1.54, 1.807) is 4.31 Å². The Morgan fingerprint density at radius 2 is 2.05 bits per heavy atom. The zero-order valence-corrected chi connectivity index (χ0v) is 13.5. The number of sulfonamides is 1. The first-order valence-corrected chi connectivity index (χ1v) is 9.44. The van der Waals surface area contributed by atoms with Gasteiger partial charge in [0.05, 0.1) is 11.9 Å². The lowest BCUT2D eigenvalue weighted by atomic mass is 10.0. The highest BCUT2D eigenvalue weighted by Gasteiger charge is 2.34. The Kier molecular flexibility index (Phi) is 5.84. The molecule has 2 fully saturated rings. The van der Waals surface area contributed by atoms with Gasteiger partial charge in [-0.25, -0.2) is 8.42 Å². The van der Waals surface area contributed by atoms with Crippen LogP contribution in [0.4, 0.5) is 0 Å². The van der Waals surface area contributed by atoms with Gasteiger partial charge in [0.1, 0.15) is 0 Å². The molecule has 0 bridgehead atoms. The van der Waals surface area contributed by atoms with Crippen molar-refractivity contribution in [2.75, 3.05) is 25.4 Å². The minimum absolute atomic E-state index is 0.0966. The molecule has 2 aliphatic heterocycles. The van der Waals surface area contributed by atoms with Gasteiger partial charge in [-0.3, -0.25) is 0 Å². The van der Waals surface area contributed by atoms with E-state index in [0.717, 1.165) is 38.6 Å². The largest absolute Gasteiger partial charge is 0.377 e. The van der Waals surface area contributed by atoms with Crippen LogP contribution < -0.4 is 5.32 Å². The third-order valence-corrected chi connectivity index (χ3v) is 6.10. The molecule has 2 aliphatic rings. The summed E-state index contributed by atoms with van der Waals surface area (Å²) in [6.07, 6.45) is 4.82. The van der Waals surface area contributed by atoms with Crippen LogP contribution in [0.5, 0.6) is 0 Å². The molecule has 118 valence electrons. The van der Waals surface area contributed by atoms with Crippen molar-refractivity contribution in [1.82, 2.24) is 9.62 Å². The highest BCUT2D eigenvalue weighted by molar-refractivity contribution is 7.89. The minimum atomic E-state index is -3.20. The zero-order chi connectivity index (χ0) is 14.6. The normalized spacial score (nSPS) is 29.1. The van der Waals surface area contributed by atoms with Gasteiger partial charge in [0, 0.05) is 31.8 Å². The average Bonchev–Trinajstić information content (AvgIpc) is 2.88. The zero-order valence-electron chi connectivity index (χ0n) is 12.7. The van der Waals surface area contributed by atoms with E-state index >= 15 is 0 Å². The summed E-state index contributed by atoms with van der Waals surface area (Å²) in [6.45, 7) is 6.31. The molecule has 0 aliphatic carbocycles. The SMILES string of the molecule is CC(C)NCC1CCCCN1S(=O)(=O)CC1CCCO1. The lowest BCUT2D eigenvalue weighted by molar-refractivity contribution is 0.125. The minimum Gasteiger partial charge on any atom is -0.377 e. The molecule has 2 rings (SSSR count). The van der Waals surface area contributed by atoms with E-state index in [0.29, 0.717) is 19.2 Å². The third kappa shape index (κ3) is 4.41. The van der Waals surface area contributed by atoms with Crippen LogP contribution in [0.15, 0.2) is 0 Å². The van der Waals surface area contributed by atoms with E-state index in [9.17, 15) is 8.42 Å². The van der Waals surface area contributed by atoms with E-state index in [2.05, 4.69) is 19.2 Å². The quantitative estimate of drug-likeness (QED) is 0.805. The Morgan fingerprint density at radius 1 is 1.25 bits per heavy atom. The topological polar surface area (TPSA) is 58.6 Å². The predicted octanol–water partition coefficient (Wildman–Crippen LogP) is 1.35.